The average molecular weight is 625 g/mol. The number of nitrogens with zero attached hydrogens (tertiary/aromatic N) is 2. The third-order valence-electron chi connectivity index (χ3n) is 9.30. The Hall–Kier alpha value is -4.96. The Morgan fingerprint density at radius 2 is 1.07 bits per heavy atom. The standard InChI is InChI=1S/C36H36N2O8/c1-39-27-11-22-9-10-37(16-23(22)12-28(27)40-2)15-21-5-7-26(8-6-21)38-17-24-13-29(41-3)33-35(45-19-43-33)31(24)32-25(18-38)14-30(42-4)34-36(32)46-20-44-34/h5-8,11-14H,9-10,15-20H2,1-4H3. The monoisotopic (exact) mass is 624 g/mol. The number of hydrogen-bond donors (Lipinski definition) is 0. The van der Waals surface area contributed by atoms with E-state index >= 15 is 0 Å². The van der Waals surface area contributed by atoms with Gasteiger partial charge in [-0.3, -0.25) is 4.90 Å². The highest BCUT2D eigenvalue weighted by atomic mass is 16.7. The molecule has 4 heterocycles. The number of methoxy groups -OCH3 is 4. The molecule has 0 N–H and O–H groups in total. The van der Waals surface area contributed by atoms with Gasteiger partial charge in [0.05, 0.1) is 28.4 Å². The van der Waals surface area contributed by atoms with E-state index in [1.54, 1.807) is 28.4 Å². The molecule has 4 aliphatic heterocycles. The van der Waals surface area contributed by atoms with E-state index < -0.39 is 0 Å². The number of hydrogen-bond acceptors (Lipinski definition) is 10. The van der Waals surface area contributed by atoms with Crippen molar-refractivity contribution in [3.8, 4) is 57.1 Å². The molecule has 0 fully saturated rings. The van der Waals surface area contributed by atoms with E-state index in [0.29, 0.717) is 47.6 Å². The molecule has 0 aromatic heterocycles. The summed E-state index contributed by atoms with van der Waals surface area (Å²) in [5, 5.41) is 0. The molecule has 0 saturated heterocycles. The van der Waals surface area contributed by atoms with Gasteiger partial charge in [-0.2, -0.15) is 0 Å². The smallest absolute Gasteiger partial charge is 0.231 e. The summed E-state index contributed by atoms with van der Waals surface area (Å²) in [4.78, 5) is 4.83. The van der Waals surface area contributed by atoms with Crippen molar-refractivity contribution in [2.75, 3.05) is 53.5 Å². The zero-order valence-corrected chi connectivity index (χ0v) is 26.4. The van der Waals surface area contributed by atoms with Crippen molar-refractivity contribution in [2.24, 2.45) is 0 Å². The minimum atomic E-state index is 0.128. The Morgan fingerprint density at radius 1 is 0.565 bits per heavy atom. The van der Waals surface area contributed by atoms with Crippen LogP contribution in [-0.4, -0.2) is 53.5 Å². The molecular formula is C36H36N2O8. The lowest BCUT2D eigenvalue weighted by atomic mass is 9.93. The predicted octanol–water partition coefficient (Wildman–Crippen LogP) is 5.92. The van der Waals surface area contributed by atoms with E-state index in [1.165, 1.54) is 16.7 Å². The summed E-state index contributed by atoms with van der Waals surface area (Å²) < 4.78 is 46.4. The van der Waals surface area contributed by atoms with E-state index in [4.69, 9.17) is 37.9 Å². The van der Waals surface area contributed by atoms with Gasteiger partial charge in [-0.25, -0.2) is 0 Å². The largest absolute Gasteiger partial charge is 0.493 e. The highest BCUT2D eigenvalue weighted by Crippen LogP contribution is 2.58. The first kappa shape index (κ1) is 28.5. The SMILES string of the molecule is COc1cc2c(cc1OC)CN(Cc1ccc(N3Cc4cc(OC)c5c(c4-c4c(cc(OC)c6c4OCO6)C3)OCO5)cc1)CC2. The molecular weight excluding hydrogens is 588 g/mol. The van der Waals surface area contributed by atoms with Gasteiger partial charge in [-0.1, -0.05) is 12.1 Å². The van der Waals surface area contributed by atoms with Crippen molar-refractivity contribution in [3.05, 3.63) is 76.3 Å². The van der Waals surface area contributed by atoms with Gasteiger partial charge in [-0.15, -0.1) is 0 Å². The van der Waals surface area contributed by atoms with Crippen molar-refractivity contribution < 1.29 is 37.9 Å². The lowest BCUT2D eigenvalue weighted by Gasteiger charge is -2.30. The molecule has 0 radical (unpaired) electrons. The average Bonchev–Trinajstić information content (AvgIpc) is 3.75. The summed E-state index contributed by atoms with van der Waals surface area (Å²) in [5.74, 6) is 5.38. The van der Waals surface area contributed by atoms with E-state index in [1.807, 2.05) is 12.1 Å². The van der Waals surface area contributed by atoms with Crippen LogP contribution in [0.1, 0.15) is 27.8 Å². The highest BCUT2D eigenvalue weighted by molar-refractivity contribution is 5.89. The molecule has 10 nitrogen and oxygen atoms in total. The second kappa shape index (κ2) is 11.4. The van der Waals surface area contributed by atoms with Crippen LogP contribution in [0.4, 0.5) is 5.69 Å². The molecule has 0 atom stereocenters. The number of rotatable bonds is 7. The molecule has 4 aromatic rings. The van der Waals surface area contributed by atoms with Crippen molar-refractivity contribution in [1.29, 1.82) is 0 Å². The van der Waals surface area contributed by atoms with E-state index in [9.17, 15) is 0 Å². The highest BCUT2D eigenvalue weighted by Gasteiger charge is 2.36. The zero-order chi connectivity index (χ0) is 31.4. The van der Waals surface area contributed by atoms with Crippen LogP contribution in [0.25, 0.3) is 11.1 Å². The van der Waals surface area contributed by atoms with Crippen LogP contribution in [0, 0.1) is 0 Å². The van der Waals surface area contributed by atoms with Gasteiger partial charge >= 0.3 is 0 Å². The van der Waals surface area contributed by atoms with Crippen LogP contribution >= 0.6 is 0 Å². The summed E-state index contributed by atoms with van der Waals surface area (Å²) in [6, 6.07) is 17.2. The van der Waals surface area contributed by atoms with Crippen LogP contribution in [0.5, 0.6) is 46.0 Å². The molecule has 0 saturated carbocycles. The molecule has 0 unspecified atom stereocenters. The Kier molecular flexibility index (Phi) is 7.09. The first-order chi connectivity index (χ1) is 22.6. The summed E-state index contributed by atoms with van der Waals surface area (Å²) in [7, 11) is 6.67. The number of anilines is 1. The quantitative estimate of drug-likeness (QED) is 0.247. The van der Waals surface area contributed by atoms with Crippen molar-refractivity contribution in [1.82, 2.24) is 4.90 Å². The first-order valence-electron chi connectivity index (χ1n) is 15.4. The molecule has 4 aliphatic rings. The van der Waals surface area contributed by atoms with E-state index in [-0.39, 0.29) is 13.6 Å². The van der Waals surface area contributed by atoms with Crippen LogP contribution in [-0.2, 0) is 32.6 Å². The van der Waals surface area contributed by atoms with Gasteiger partial charge in [-0.05, 0) is 70.6 Å². The minimum absolute atomic E-state index is 0.128. The van der Waals surface area contributed by atoms with Crippen LogP contribution in [0.3, 0.4) is 0 Å². The Bertz CT molecular complexity index is 1750. The van der Waals surface area contributed by atoms with Gasteiger partial charge in [0, 0.05) is 49.5 Å². The first-order valence-corrected chi connectivity index (χ1v) is 15.4. The lowest BCUT2D eigenvalue weighted by Crippen LogP contribution is -2.30. The van der Waals surface area contributed by atoms with Gasteiger partial charge < -0.3 is 42.8 Å². The third-order valence-corrected chi connectivity index (χ3v) is 9.30. The Balaban J connectivity index is 1.11. The molecule has 0 spiro atoms. The van der Waals surface area contributed by atoms with Crippen molar-refractivity contribution in [2.45, 2.75) is 32.6 Å². The van der Waals surface area contributed by atoms with Crippen LogP contribution < -0.4 is 42.8 Å². The molecule has 0 aliphatic carbocycles. The maximum Gasteiger partial charge on any atom is 0.231 e. The molecule has 8 rings (SSSR count). The number of benzene rings is 4. The Morgan fingerprint density at radius 3 is 1.61 bits per heavy atom. The fourth-order valence-electron chi connectivity index (χ4n) is 7.08. The van der Waals surface area contributed by atoms with Crippen molar-refractivity contribution >= 4 is 5.69 Å². The topological polar surface area (TPSA) is 80.3 Å². The fourth-order valence-corrected chi connectivity index (χ4v) is 7.08. The Labute approximate surface area is 267 Å². The summed E-state index contributed by atoms with van der Waals surface area (Å²) >= 11 is 0. The maximum atomic E-state index is 6.08. The molecule has 10 heteroatoms. The third kappa shape index (κ3) is 4.67. The van der Waals surface area contributed by atoms with Gasteiger partial charge in [0.1, 0.15) is 0 Å². The fraction of sp³-hybridized carbons (Fsp3) is 0.333. The predicted molar refractivity (Wildman–Crippen MR) is 171 cm³/mol. The van der Waals surface area contributed by atoms with Crippen LogP contribution in [0.2, 0.25) is 0 Å². The second-order valence-electron chi connectivity index (χ2n) is 11.8. The number of ether oxygens (including phenoxy) is 8. The molecule has 0 bridgehead atoms. The van der Waals surface area contributed by atoms with Crippen molar-refractivity contribution in [3.63, 3.8) is 0 Å². The molecule has 46 heavy (non-hydrogen) atoms. The van der Waals surface area contributed by atoms with Gasteiger partial charge in [0.15, 0.2) is 34.5 Å². The summed E-state index contributed by atoms with van der Waals surface area (Å²) in [6.07, 6.45) is 0.976. The van der Waals surface area contributed by atoms with E-state index in [0.717, 1.165) is 65.5 Å². The number of fused-ring (bicyclic) bond motifs is 8. The maximum absolute atomic E-state index is 6.08. The summed E-state index contributed by atoms with van der Waals surface area (Å²) in [6.45, 7) is 4.23. The zero-order valence-electron chi connectivity index (χ0n) is 26.4. The molecule has 4 aromatic carbocycles. The van der Waals surface area contributed by atoms with Crippen LogP contribution in [0.15, 0.2) is 48.5 Å². The normalized spacial score (nSPS) is 15.9. The lowest BCUT2D eigenvalue weighted by molar-refractivity contribution is 0.170. The summed E-state index contributed by atoms with van der Waals surface area (Å²) in [5.41, 5.74) is 8.95. The molecule has 238 valence electrons. The van der Waals surface area contributed by atoms with Gasteiger partial charge in [0.2, 0.25) is 25.1 Å². The van der Waals surface area contributed by atoms with E-state index in [2.05, 4.69) is 46.2 Å². The second-order valence-corrected chi connectivity index (χ2v) is 11.8. The minimum Gasteiger partial charge on any atom is -0.493 e. The van der Waals surface area contributed by atoms with Gasteiger partial charge in [0.25, 0.3) is 0 Å². The molecule has 0 amide bonds.